The van der Waals surface area contributed by atoms with Gasteiger partial charge in [0.05, 0.1) is 6.71 Å². The van der Waals surface area contributed by atoms with Crippen molar-refractivity contribution in [1.82, 2.24) is 0 Å². The molecule has 0 atom stereocenters. The molecule has 0 aliphatic rings. The van der Waals surface area contributed by atoms with Gasteiger partial charge in [-0.1, -0.05) is 0 Å². The van der Waals surface area contributed by atoms with Crippen LogP contribution < -0.4 is 0 Å². The maximum Gasteiger partial charge on any atom is 0.0682 e. The highest BCUT2D eigenvalue weighted by Gasteiger charge is 1.69. The molecule has 32 valence electrons. The summed E-state index contributed by atoms with van der Waals surface area (Å²) in [7, 11) is 9.58. The number of hydrogen-bond acceptors (Lipinski definition) is 0. The van der Waals surface area contributed by atoms with Gasteiger partial charge in [0, 0.05) is 8.50 Å². The summed E-state index contributed by atoms with van der Waals surface area (Å²) >= 11 is 5.06. The summed E-state index contributed by atoms with van der Waals surface area (Å²) in [6.07, 6.45) is 0. The SMILES string of the molecule is ClP=S(Cl)Cl. The molecule has 0 aromatic rings. The van der Waals surface area contributed by atoms with E-state index in [4.69, 9.17) is 32.6 Å². The van der Waals surface area contributed by atoms with Crippen molar-refractivity contribution in [3.05, 3.63) is 0 Å². The first-order chi connectivity index (χ1) is 2.27. The first kappa shape index (κ1) is 6.52. The predicted octanol–water partition coefficient (Wildman–Crippen LogP) is 2.93. The second-order valence-electron chi connectivity index (χ2n) is 0.265. The van der Waals surface area contributed by atoms with Crippen LogP contribution in [0.1, 0.15) is 0 Å². The molecule has 0 radical (unpaired) electrons. The average Bonchev–Trinajstić information content (AvgIpc) is 1.38. The molecule has 5 heavy (non-hydrogen) atoms. The Morgan fingerprint density at radius 2 is 1.60 bits per heavy atom. The Kier molecular flexibility index (Phi) is 4.83. The Hall–Kier alpha value is 1.52. The molecule has 0 aliphatic carbocycles. The fourth-order valence-corrected chi connectivity index (χ4v) is 0. The fourth-order valence-electron chi connectivity index (χ4n) is 0. The van der Waals surface area contributed by atoms with Crippen molar-refractivity contribution in [3.63, 3.8) is 0 Å². The molecule has 0 fully saturated rings. The first-order valence-corrected chi connectivity index (χ1v) is 5.94. The van der Waals surface area contributed by atoms with Crippen LogP contribution in [0.5, 0.6) is 0 Å². The quantitative estimate of drug-likeness (QED) is 0.489. The fraction of sp³-hybridized carbons (Fsp3) is 0. The predicted molar refractivity (Wildman–Crippen MR) is 31.8 cm³/mol. The Morgan fingerprint density at radius 3 is 1.60 bits per heavy atom. The van der Waals surface area contributed by atoms with E-state index in [1.54, 1.807) is 0 Å². The van der Waals surface area contributed by atoms with Crippen molar-refractivity contribution in [1.29, 1.82) is 0 Å². The zero-order valence-corrected chi connectivity index (χ0v) is 5.97. The molecule has 0 saturated heterocycles. The highest BCUT2D eigenvalue weighted by atomic mass is 36.0. The molecule has 0 aromatic heterocycles. The van der Waals surface area contributed by atoms with Gasteiger partial charge < -0.3 is 0 Å². The molecule has 0 saturated carbocycles. The van der Waals surface area contributed by atoms with Gasteiger partial charge in [-0.15, -0.1) is 0 Å². The highest BCUT2D eigenvalue weighted by Crippen LogP contribution is 2.16. The summed E-state index contributed by atoms with van der Waals surface area (Å²) < 4.78 is 0. The summed E-state index contributed by atoms with van der Waals surface area (Å²) in [5.74, 6) is 0. The molecule has 0 aliphatic heterocycles. The third-order valence-electron chi connectivity index (χ3n) is 0.0522. The molecule has 0 unspecified atom stereocenters. The van der Waals surface area contributed by atoms with E-state index in [9.17, 15) is 0 Å². The Labute approximate surface area is 48.0 Å². The van der Waals surface area contributed by atoms with Crippen LogP contribution in [-0.4, -0.2) is 0 Å². The minimum Gasteiger partial charge on any atom is -0.0478 e. The molecule has 0 rings (SSSR count). The van der Waals surface area contributed by atoms with E-state index in [2.05, 4.69) is 0 Å². The second kappa shape index (κ2) is 3.70. The van der Waals surface area contributed by atoms with Gasteiger partial charge in [-0.2, -0.15) is 0 Å². The molecule has 0 N–H and O–H groups in total. The zero-order valence-electron chi connectivity index (χ0n) is 1.99. The third kappa shape index (κ3) is 5.52. The molecular formula is Cl3PS. The summed E-state index contributed by atoms with van der Waals surface area (Å²) in [6.45, 7) is 0.528. The van der Waals surface area contributed by atoms with Gasteiger partial charge >= 0.3 is 0 Å². The molecule has 0 spiro atoms. The lowest BCUT2D eigenvalue weighted by Gasteiger charge is -1.65. The van der Waals surface area contributed by atoms with Crippen LogP contribution in [-0.2, 0) is 8.50 Å². The highest BCUT2D eigenvalue weighted by molar-refractivity contribution is 8.52. The van der Waals surface area contributed by atoms with Gasteiger partial charge in [0.15, 0.2) is 0 Å². The lowest BCUT2D eigenvalue weighted by atomic mass is 30.4. The van der Waals surface area contributed by atoms with Gasteiger partial charge in [-0.3, -0.25) is 0 Å². The van der Waals surface area contributed by atoms with Crippen LogP contribution in [0, 0.1) is 0 Å². The largest absolute Gasteiger partial charge is 0.0682 e. The van der Waals surface area contributed by atoms with Crippen molar-refractivity contribution in [2.75, 3.05) is 0 Å². The third-order valence-corrected chi connectivity index (χ3v) is 4.23. The van der Waals surface area contributed by atoms with Gasteiger partial charge in [0.25, 0.3) is 0 Å². The lowest BCUT2D eigenvalue weighted by Crippen LogP contribution is -1.30. The van der Waals surface area contributed by atoms with E-state index in [0.29, 0.717) is 6.71 Å². The molecule has 5 heteroatoms. The molecular weight excluding hydrogens is 169 g/mol. The van der Waals surface area contributed by atoms with Crippen LogP contribution in [0.15, 0.2) is 0 Å². The second-order valence-corrected chi connectivity index (χ2v) is 7.16. The average molecular weight is 169 g/mol. The van der Waals surface area contributed by atoms with Gasteiger partial charge in [-0.05, 0) is 32.6 Å². The number of rotatable bonds is 0. The number of hydrogen-bond donors (Lipinski definition) is 0. The van der Waals surface area contributed by atoms with E-state index in [1.165, 1.54) is 0 Å². The first-order valence-electron chi connectivity index (χ1n) is 0.660. The normalized spacial score (nSPS) is 10.4. The monoisotopic (exact) mass is 168 g/mol. The maximum atomic E-state index is 5.11. The summed E-state index contributed by atoms with van der Waals surface area (Å²) in [5, 5.41) is 0. The smallest absolute Gasteiger partial charge is 0.0478 e. The lowest BCUT2D eigenvalue weighted by molar-refractivity contribution is 4.86. The molecule has 0 bridgehead atoms. The minimum atomic E-state index is -0.640. The Morgan fingerprint density at radius 1 is 1.40 bits per heavy atom. The Bertz CT molecular complexity index is 44.9. The summed E-state index contributed by atoms with van der Waals surface area (Å²) in [6, 6.07) is 0. The summed E-state index contributed by atoms with van der Waals surface area (Å²) in [4.78, 5) is 0. The Balaban J connectivity index is 3.14. The van der Waals surface area contributed by atoms with E-state index in [0.717, 1.165) is 0 Å². The van der Waals surface area contributed by atoms with E-state index < -0.39 is 8.50 Å². The van der Waals surface area contributed by atoms with Crippen molar-refractivity contribution < 1.29 is 0 Å². The van der Waals surface area contributed by atoms with Crippen LogP contribution in [0.2, 0.25) is 0 Å². The van der Waals surface area contributed by atoms with Gasteiger partial charge in [0.1, 0.15) is 0 Å². The van der Waals surface area contributed by atoms with Crippen molar-refractivity contribution >= 4 is 47.8 Å². The topological polar surface area (TPSA) is 0 Å². The van der Waals surface area contributed by atoms with Crippen molar-refractivity contribution in [2.45, 2.75) is 0 Å². The van der Waals surface area contributed by atoms with Crippen LogP contribution in [0.4, 0.5) is 0 Å². The molecule has 0 amide bonds. The van der Waals surface area contributed by atoms with E-state index in [-0.39, 0.29) is 0 Å². The standard InChI is InChI=1S/Cl3PS/c1-4-5(2)3. The van der Waals surface area contributed by atoms with Crippen LogP contribution >= 0.6 is 39.3 Å². The van der Waals surface area contributed by atoms with Gasteiger partial charge in [0.2, 0.25) is 0 Å². The van der Waals surface area contributed by atoms with Crippen molar-refractivity contribution in [3.8, 4) is 0 Å². The van der Waals surface area contributed by atoms with Gasteiger partial charge in [-0.25, -0.2) is 0 Å². The van der Waals surface area contributed by atoms with E-state index in [1.807, 2.05) is 0 Å². The summed E-state index contributed by atoms with van der Waals surface area (Å²) in [5.41, 5.74) is 0. The number of halogens is 3. The zero-order chi connectivity index (χ0) is 4.28. The van der Waals surface area contributed by atoms with Crippen molar-refractivity contribution in [2.24, 2.45) is 0 Å². The van der Waals surface area contributed by atoms with E-state index >= 15 is 0 Å². The van der Waals surface area contributed by atoms with Crippen LogP contribution in [0.3, 0.4) is 0 Å². The molecule has 0 aromatic carbocycles. The molecule has 0 nitrogen and oxygen atoms in total. The maximum absolute atomic E-state index is 5.11. The minimum absolute atomic E-state index is 0.528. The van der Waals surface area contributed by atoms with Crippen LogP contribution in [0.25, 0.3) is 0 Å². The molecule has 0 heterocycles.